The number of sulfonamides is 1. The summed E-state index contributed by atoms with van der Waals surface area (Å²) in [6, 6.07) is 9.74. The number of piperazine rings is 1. The molecule has 2 fully saturated rings. The molecule has 0 radical (unpaired) electrons. The highest BCUT2D eigenvalue weighted by atomic mass is 35.5. The smallest absolute Gasteiger partial charge is 0.262 e. The molecule has 2 saturated heterocycles. The van der Waals surface area contributed by atoms with Crippen LogP contribution in [0, 0.1) is 6.92 Å². The molecule has 1 atom stereocenters. The molecule has 2 aliphatic rings. The van der Waals surface area contributed by atoms with Crippen LogP contribution in [-0.2, 0) is 14.8 Å². The van der Waals surface area contributed by atoms with Gasteiger partial charge in [-0.3, -0.25) is 9.52 Å². The van der Waals surface area contributed by atoms with Gasteiger partial charge in [-0.1, -0.05) is 17.7 Å². The first-order chi connectivity index (χ1) is 15.8. The highest BCUT2D eigenvalue weighted by Crippen LogP contribution is 2.31. The maximum Gasteiger partial charge on any atom is 0.262 e. The highest BCUT2D eigenvalue weighted by Gasteiger charge is 2.23. The number of halogens is 1. The summed E-state index contributed by atoms with van der Waals surface area (Å²) in [4.78, 5) is 14.9. The maximum absolute atomic E-state index is 13.2. The van der Waals surface area contributed by atoms with E-state index in [1.807, 2.05) is 6.92 Å². The van der Waals surface area contributed by atoms with Crippen LogP contribution in [0.5, 0.6) is 0 Å². The van der Waals surface area contributed by atoms with E-state index in [1.165, 1.54) is 12.1 Å². The monoisotopic (exact) mass is 492 g/mol. The second-order valence-electron chi connectivity index (χ2n) is 8.33. The summed E-state index contributed by atoms with van der Waals surface area (Å²) < 4.78 is 34.6. The number of hydrogen-bond acceptors (Lipinski definition) is 6. The summed E-state index contributed by atoms with van der Waals surface area (Å²) in [5, 5.41) is 6.56. The molecule has 0 aliphatic carbocycles. The molecule has 0 spiro atoms. The third-order valence-corrected chi connectivity index (χ3v) is 7.70. The predicted octanol–water partition coefficient (Wildman–Crippen LogP) is 2.77. The summed E-state index contributed by atoms with van der Waals surface area (Å²) in [6.45, 7) is 6.02. The fraction of sp³-hybridized carbons (Fsp3) is 0.435. The van der Waals surface area contributed by atoms with Gasteiger partial charge in [0.05, 0.1) is 22.4 Å². The van der Waals surface area contributed by atoms with Gasteiger partial charge in [0.2, 0.25) is 0 Å². The molecule has 0 bridgehead atoms. The second-order valence-corrected chi connectivity index (χ2v) is 10.4. The van der Waals surface area contributed by atoms with Gasteiger partial charge in [0.15, 0.2) is 0 Å². The minimum absolute atomic E-state index is 0.0262. The lowest BCUT2D eigenvalue weighted by Crippen LogP contribution is -2.43. The lowest BCUT2D eigenvalue weighted by molar-refractivity contribution is 0.0858. The van der Waals surface area contributed by atoms with E-state index in [0.717, 1.165) is 56.9 Å². The zero-order valence-electron chi connectivity index (χ0n) is 18.6. The number of nitrogens with one attached hydrogen (secondary N) is 3. The topological polar surface area (TPSA) is 99.8 Å². The normalized spacial score (nSPS) is 18.8. The van der Waals surface area contributed by atoms with Crippen LogP contribution in [-0.4, -0.2) is 59.8 Å². The highest BCUT2D eigenvalue weighted by molar-refractivity contribution is 7.92. The summed E-state index contributed by atoms with van der Waals surface area (Å²) in [5.74, 6) is -0.267. The molecule has 4 rings (SSSR count). The van der Waals surface area contributed by atoms with Gasteiger partial charge in [-0.15, -0.1) is 0 Å². The van der Waals surface area contributed by atoms with E-state index in [1.54, 1.807) is 24.3 Å². The number of aryl methyl sites for hydroxylation is 1. The maximum atomic E-state index is 13.2. The van der Waals surface area contributed by atoms with Crippen molar-refractivity contribution >= 4 is 38.9 Å². The van der Waals surface area contributed by atoms with Gasteiger partial charge in [-0.05, 0) is 55.7 Å². The van der Waals surface area contributed by atoms with Gasteiger partial charge >= 0.3 is 0 Å². The lowest BCUT2D eigenvalue weighted by Gasteiger charge is -2.31. The van der Waals surface area contributed by atoms with Gasteiger partial charge < -0.3 is 20.3 Å². The Balaban J connectivity index is 1.61. The molecular weight excluding hydrogens is 464 g/mol. The molecule has 10 heteroatoms. The molecule has 8 nitrogen and oxygen atoms in total. The van der Waals surface area contributed by atoms with E-state index < -0.39 is 10.0 Å². The fourth-order valence-corrected chi connectivity index (χ4v) is 5.34. The summed E-state index contributed by atoms with van der Waals surface area (Å²) in [5.41, 5.74) is 2.26. The minimum atomic E-state index is -3.91. The Bertz CT molecular complexity index is 1110. The number of hydrogen-bond donors (Lipinski definition) is 3. The van der Waals surface area contributed by atoms with Crippen LogP contribution < -0.4 is 20.3 Å². The van der Waals surface area contributed by atoms with Crippen molar-refractivity contribution in [1.29, 1.82) is 0 Å². The minimum Gasteiger partial charge on any atom is -0.376 e. The zero-order valence-corrected chi connectivity index (χ0v) is 20.1. The van der Waals surface area contributed by atoms with Crippen LogP contribution in [0.15, 0.2) is 41.3 Å². The lowest BCUT2D eigenvalue weighted by atomic mass is 10.1. The average molecular weight is 493 g/mol. The van der Waals surface area contributed by atoms with Crippen LogP contribution in [0.25, 0.3) is 0 Å². The van der Waals surface area contributed by atoms with Crippen molar-refractivity contribution in [3.05, 3.63) is 52.5 Å². The Hall–Kier alpha value is -2.33. The molecular formula is C23H29ClN4O4S. The largest absolute Gasteiger partial charge is 0.376 e. The first-order valence-corrected chi connectivity index (χ1v) is 13.0. The molecule has 2 heterocycles. The number of ether oxygens (including phenoxy) is 1. The van der Waals surface area contributed by atoms with Crippen molar-refractivity contribution < 1.29 is 17.9 Å². The van der Waals surface area contributed by atoms with Gasteiger partial charge in [0, 0.05) is 49.9 Å². The van der Waals surface area contributed by atoms with E-state index in [-0.39, 0.29) is 16.9 Å². The number of carbonyl (C=O) groups excluding carboxylic acids is 1. The van der Waals surface area contributed by atoms with Crippen molar-refractivity contribution in [2.75, 3.05) is 49.0 Å². The number of carbonyl (C=O) groups is 1. The van der Waals surface area contributed by atoms with E-state index in [2.05, 4.69) is 20.3 Å². The first kappa shape index (κ1) is 23.8. The summed E-state index contributed by atoms with van der Waals surface area (Å²) in [7, 11) is -3.91. The third-order valence-electron chi connectivity index (χ3n) is 5.93. The summed E-state index contributed by atoms with van der Waals surface area (Å²) in [6.07, 6.45) is 1.94. The Morgan fingerprint density at radius 3 is 2.70 bits per heavy atom. The number of nitrogens with zero attached hydrogens (tertiary/aromatic N) is 1. The SMILES string of the molecule is Cc1ccc(S(=O)(=O)Nc2cc(C(=O)NC[C@@H]3CCCO3)ccc2N2CCNCC2)cc1Cl. The van der Waals surface area contributed by atoms with Crippen LogP contribution in [0.3, 0.4) is 0 Å². The van der Waals surface area contributed by atoms with Gasteiger partial charge in [-0.2, -0.15) is 0 Å². The molecule has 0 unspecified atom stereocenters. The molecule has 0 saturated carbocycles. The summed E-state index contributed by atoms with van der Waals surface area (Å²) >= 11 is 6.16. The molecule has 0 aromatic heterocycles. The molecule has 1 amide bonds. The van der Waals surface area contributed by atoms with Gasteiger partial charge in [0.1, 0.15) is 0 Å². The predicted molar refractivity (Wildman–Crippen MR) is 130 cm³/mol. The zero-order chi connectivity index (χ0) is 23.4. The van der Waals surface area contributed by atoms with Crippen molar-refractivity contribution in [2.24, 2.45) is 0 Å². The van der Waals surface area contributed by atoms with E-state index >= 15 is 0 Å². The van der Waals surface area contributed by atoms with E-state index in [4.69, 9.17) is 16.3 Å². The number of anilines is 2. The quantitative estimate of drug-likeness (QED) is 0.549. The first-order valence-electron chi connectivity index (χ1n) is 11.1. The van der Waals surface area contributed by atoms with E-state index in [9.17, 15) is 13.2 Å². The Morgan fingerprint density at radius 1 is 1.21 bits per heavy atom. The molecule has 2 aromatic rings. The van der Waals surface area contributed by atoms with Crippen LogP contribution in [0.1, 0.15) is 28.8 Å². The number of amides is 1. The van der Waals surface area contributed by atoms with Gasteiger partial charge in [-0.25, -0.2) is 8.42 Å². The van der Waals surface area contributed by atoms with E-state index in [0.29, 0.717) is 22.8 Å². The van der Waals surface area contributed by atoms with Crippen molar-refractivity contribution in [2.45, 2.75) is 30.8 Å². The number of rotatable bonds is 7. The Morgan fingerprint density at radius 2 is 2.00 bits per heavy atom. The molecule has 2 aliphatic heterocycles. The van der Waals surface area contributed by atoms with Crippen molar-refractivity contribution in [3.8, 4) is 0 Å². The molecule has 2 aromatic carbocycles. The molecule has 178 valence electrons. The fourth-order valence-electron chi connectivity index (χ4n) is 4.00. The standard InChI is InChI=1S/C23H29ClN4O4S/c1-16-4-6-19(14-20(16)24)33(30,31)27-21-13-17(23(29)26-15-18-3-2-12-32-18)5-7-22(21)28-10-8-25-9-11-28/h4-7,13-14,18,25,27H,2-3,8-12,15H2,1H3,(H,26,29)/t18-/m0/s1. The van der Waals surface area contributed by atoms with Crippen LogP contribution >= 0.6 is 11.6 Å². The Kier molecular flexibility index (Phi) is 7.43. The van der Waals surface area contributed by atoms with Gasteiger partial charge in [0.25, 0.3) is 15.9 Å². The van der Waals surface area contributed by atoms with Crippen LogP contribution in [0.4, 0.5) is 11.4 Å². The molecule has 3 N–H and O–H groups in total. The second kappa shape index (κ2) is 10.3. The molecule has 33 heavy (non-hydrogen) atoms. The van der Waals surface area contributed by atoms with Crippen molar-refractivity contribution in [1.82, 2.24) is 10.6 Å². The average Bonchev–Trinajstić information content (AvgIpc) is 3.33. The van der Waals surface area contributed by atoms with Crippen molar-refractivity contribution in [3.63, 3.8) is 0 Å². The Labute approximate surface area is 199 Å². The third kappa shape index (κ3) is 5.78. The number of benzene rings is 2. The van der Waals surface area contributed by atoms with Crippen LogP contribution in [0.2, 0.25) is 5.02 Å².